The number of ether oxygens (including phenoxy) is 2. The van der Waals surface area contributed by atoms with E-state index < -0.39 is 24.6 Å². The van der Waals surface area contributed by atoms with E-state index in [4.69, 9.17) is 4.74 Å². The Labute approximate surface area is 148 Å². The molecule has 1 aromatic rings. The number of carbonyl (C=O) groups excluding carboxylic acids is 3. The van der Waals surface area contributed by atoms with Crippen LogP contribution in [0.4, 0.5) is 13.6 Å². The van der Waals surface area contributed by atoms with Crippen molar-refractivity contribution in [1.82, 2.24) is 16.0 Å². The zero-order chi connectivity index (χ0) is 19.1. The first kappa shape index (κ1) is 19.4. The van der Waals surface area contributed by atoms with Crippen LogP contribution in [-0.2, 0) is 16.0 Å². The van der Waals surface area contributed by atoms with Gasteiger partial charge in [0.1, 0.15) is 6.04 Å². The van der Waals surface area contributed by atoms with E-state index in [1.165, 1.54) is 13.2 Å². The molecule has 0 radical (unpaired) electrons. The molecule has 1 heterocycles. The van der Waals surface area contributed by atoms with Gasteiger partial charge in [-0.2, -0.15) is 8.78 Å². The smallest absolute Gasteiger partial charge is 0.387 e. The Kier molecular flexibility index (Phi) is 6.70. The first-order chi connectivity index (χ1) is 12.4. The maximum atomic E-state index is 12.3. The number of benzene rings is 1. The minimum atomic E-state index is -2.94. The molecule has 0 aromatic heterocycles. The summed E-state index contributed by atoms with van der Waals surface area (Å²) in [6, 6.07) is 3.28. The van der Waals surface area contributed by atoms with Gasteiger partial charge in [-0.05, 0) is 30.5 Å². The van der Waals surface area contributed by atoms with Crippen molar-refractivity contribution in [3.05, 3.63) is 23.8 Å². The van der Waals surface area contributed by atoms with Gasteiger partial charge < -0.3 is 20.1 Å². The Morgan fingerprint density at radius 1 is 1.31 bits per heavy atom. The summed E-state index contributed by atoms with van der Waals surface area (Å²) in [5, 5.41) is 7.20. The van der Waals surface area contributed by atoms with Gasteiger partial charge in [0.25, 0.3) is 5.91 Å². The third kappa shape index (κ3) is 5.57. The van der Waals surface area contributed by atoms with Crippen LogP contribution in [0.2, 0.25) is 0 Å². The number of halogens is 2. The third-order valence-electron chi connectivity index (χ3n) is 3.70. The molecule has 2 rings (SSSR count). The molecule has 1 atom stereocenters. The van der Waals surface area contributed by atoms with Crippen molar-refractivity contribution >= 4 is 17.8 Å². The third-order valence-corrected chi connectivity index (χ3v) is 3.70. The Bertz CT molecular complexity index is 684. The summed E-state index contributed by atoms with van der Waals surface area (Å²) in [6.45, 7) is -2.62. The standard InChI is InChI=1S/C16H19F2N3O5/c1-25-12-8-9(2-4-11(12)26-15(17)18)6-7-19-13(22)5-3-10-14(23)21-16(24)20-10/h2,4,8,10,15H,3,5-7H2,1H3,(H,19,22)(H2,20,21,23,24)/t10-/m0/s1. The number of amides is 4. The van der Waals surface area contributed by atoms with E-state index in [0.717, 1.165) is 5.56 Å². The van der Waals surface area contributed by atoms with Gasteiger partial charge in [0.2, 0.25) is 5.91 Å². The average Bonchev–Trinajstić information content (AvgIpc) is 2.91. The highest BCUT2D eigenvalue weighted by molar-refractivity contribution is 6.04. The number of hydrogen-bond acceptors (Lipinski definition) is 5. The van der Waals surface area contributed by atoms with Crippen LogP contribution >= 0.6 is 0 Å². The second-order valence-corrected chi connectivity index (χ2v) is 5.52. The molecule has 1 aliphatic rings. The van der Waals surface area contributed by atoms with Crippen LogP contribution in [0, 0.1) is 0 Å². The fourth-order valence-electron chi connectivity index (χ4n) is 2.43. The molecular formula is C16H19F2N3O5. The summed E-state index contributed by atoms with van der Waals surface area (Å²) in [5.74, 6) is -0.589. The molecule has 3 N–H and O–H groups in total. The summed E-state index contributed by atoms with van der Waals surface area (Å²) in [7, 11) is 1.34. The van der Waals surface area contributed by atoms with E-state index in [2.05, 4.69) is 20.7 Å². The molecule has 0 spiro atoms. The van der Waals surface area contributed by atoms with Crippen molar-refractivity contribution in [2.45, 2.75) is 31.9 Å². The first-order valence-electron chi connectivity index (χ1n) is 7.89. The van der Waals surface area contributed by atoms with Crippen molar-refractivity contribution in [1.29, 1.82) is 0 Å². The van der Waals surface area contributed by atoms with E-state index in [0.29, 0.717) is 13.0 Å². The van der Waals surface area contributed by atoms with Gasteiger partial charge in [0.15, 0.2) is 11.5 Å². The van der Waals surface area contributed by atoms with Gasteiger partial charge >= 0.3 is 12.6 Å². The highest BCUT2D eigenvalue weighted by Gasteiger charge is 2.29. The van der Waals surface area contributed by atoms with Crippen LogP contribution < -0.4 is 25.4 Å². The summed E-state index contributed by atoms with van der Waals surface area (Å²) in [6.07, 6.45) is 0.747. The van der Waals surface area contributed by atoms with E-state index in [1.807, 2.05) is 0 Å². The summed E-state index contributed by atoms with van der Waals surface area (Å²) >= 11 is 0. The molecular weight excluding hydrogens is 352 g/mol. The second-order valence-electron chi connectivity index (χ2n) is 5.52. The monoisotopic (exact) mass is 371 g/mol. The van der Waals surface area contributed by atoms with Gasteiger partial charge in [0.05, 0.1) is 7.11 Å². The Morgan fingerprint density at radius 2 is 2.08 bits per heavy atom. The second kappa shape index (κ2) is 8.97. The van der Waals surface area contributed by atoms with Crippen LogP contribution in [0.3, 0.4) is 0 Å². The number of hydrogen-bond donors (Lipinski definition) is 3. The number of nitrogens with one attached hydrogen (secondary N) is 3. The summed E-state index contributed by atoms with van der Waals surface area (Å²) in [5.41, 5.74) is 0.770. The average molecular weight is 371 g/mol. The quantitative estimate of drug-likeness (QED) is 0.561. The maximum Gasteiger partial charge on any atom is 0.387 e. The highest BCUT2D eigenvalue weighted by atomic mass is 19.3. The van der Waals surface area contributed by atoms with E-state index >= 15 is 0 Å². The molecule has 0 aliphatic carbocycles. The fraction of sp³-hybridized carbons (Fsp3) is 0.438. The number of imide groups is 1. The molecule has 0 bridgehead atoms. The lowest BCUT2D eigenvalue weighted by Gasteiger charge is -2.12. The first-order valence-corrected chi connectivity index (χ1v) is 7.89. The van der Waals surface area contributed by atoms with Crippen molar-refractivity contribution in [3.8, 4) is 11.5 Å². The number of methoxy groups -OCH3 is 1. The van der Waals surface area contributed by atoms with Gasteiger partial charge in [-0.1, -0.05) is 6.07 Å². The Balaban J connectivity index is 1.75. The number of carbonyl (C=O) groups is 3. The van der Waals surface area contributed by atoms with Crippen molar-refractivity contribution < 1.29 is 32.6 Å². The zero-order valence-corrected chi connectivity index (χ0v) is 14.0. The van der Waals surface area contributed by atoms with Crippen LogP contribution in [-0.4, -0.2) is 44.2 Å². The van der Waals surface area contributed by atoms with Crippen LogP contribution in [0.1, 0.15) is 18.4 Å². The van der Waals surface area contributed by atoms with E-state index in [9.17, 15) is 23.2 Å². The van der Waals surface area contributed by atoms with Crippen molar-refractivity contribution in [3.63, 3.8) is 0 Å². The van der Waals surface area contributed by atoms with Gasteiger partial charge in [-0.25, -0.2) is 4.79 Å². The summed E-state index contributed by atoms with van der Waals surface area (Å²) in [4.78, 5) is 34.1. The number of urea groups is 1. The van der Waals surface area contributed by atoms with Gasteiger partial charge in [0, 0.05) is 13.0 Å². The molecule has 0 unspecified atom stereocenters. The molecule has 8 nitrogen and oxygen atoms in total. The predicted molar refractivity (Wildman–Crippen MR) is 86.0 cm³/mol. The van der Waals surface area contributed by atoms with Crippen LogP contribution in [0.5, 0.6) is 11.5 Å². The summed E-state index contributed by atoms with van der Waals surface area (Å²) < 4.78 is 33.9. The lowest BCUT2D eigenvalue weighted by molar-refractivity contribution is -0.122. The number of rotatable bonds is 9. The SMILES string of the molecule is COc1cc(CCNC(=O)CC[C@@H]2NC(=O)NC2=O)ccc1OC(F)F. The molecule has 1 aromatic carbocycles. The fourth-order valence-corrected chi connectivity index (χ4v) is 2.43. The molecule has 4 amide bonds. The lowest BCUT2D eigenvalue weighted by atomic mass is 10.1. The zero-order valence-electron chi connectivity index (χ0n) is 14.0. The molecule has 1 fully saturated rings. The van der Waals surface area contributed by atoms with E-state index in [-0.39, 0.29) is 30.2 Å². The van der Waals surface area contributed by atoms with Crippen molar-refractivity contribution in [2.24, 2.45) is 0 Å². The molecule has 26 heavy (non-hydrogen) atoms. The Hall–Kier alpha value is -2.91. The number of alkyl halides is 2. The predicted octanol–water partition coefficient (Wildman–Crippen LogP) is 0.943. The van der Waals surface area contributed by atoms with Crippen molar-refractivity contribution in [2.75, 3.05) is 13.7 Å². The molecule has 1 saturated heterocycles. The molecule has 0 saturated carbocycles. The van der Waals surface area contributed by atoms with E-state index in [1.54, 1.807) is 12.1 Å². The minimum Gasteiger partial charge on any atom is -0.493 e. The lowest BCUT2D eigenvalue weighted by Crippen LogP contribution is -2.32. The largest absolute Gasteiger partial charge is 0.493 e. The van der Waals surface area contributed by atoms with Gasteiger partial charge in [-0.3, -0.25) is 14.9 Å². The normalized spacial score (nSPS) is 16.2. The minimum absolute atomic E-state index is 0.0628. The topological polar surface area (TPSA) is 106 Å². The maximum absolute atomic E-state index is 12.3. The molecule has 142 valence electrons. The van der Waals surface area contributed by atoms with Gasteiger partial charge in [-0.15, -0.1) is 0 Å². The van der Waals surface area contributed by atoms with Crippen LogP contribution in [0.25, 0.3) is 0 Å². The molecule has 10 heteroatoms. The highest BCUT2D eigenvalue weighted by Crippen LogP contribution is 2.29. The Morgan fingerprint density at radius 3 is 2.69 bits per heavy atom. The van der Waals surface area contributed by atoms with Crippen LogP contribution in [0.15, 0.2) is 18.2 Å². The molecule has 1 aliphatic heterocycles.